The number of hydrogen-bond donors (Lipinski definition) is 2. The molecule has 0 radical (unpaired) electrons. The molecule has 2 aromatic heterocycles. The lowest BCUT2D eigenvalue weighted by atomic mass is 9.95. The molecule has 0 saturated heterocycles. The van der Waals surface area contributed by atoms with Gasteiger partial charge < -0.3 is 10.4 Å². The normalized spacial score (nSPS) is 12.1. The van der Waals surface area contributed by atoms with Gasteiger partial charge in [-0.25, -0.2) is 0 Å². The zero-order valence-electron chi connectivity index (χ0n) is 15.6. The minimum atomic E-state index is -0.358. The van der Waals surface area contributed by atoms with Crippen molar-refractivity contribution < 1.29 is 5.11 Å². The molecule has 1 atom stereocenters. The van der Waals surface area contributed by atoms with Crippen molar-refractivity contribution in [3.8, 4) is 5.75 Å². The van der Waals surface area contributed by atoms with Gasteiger partial charge in [-0.15, -0.1) is 0 Å². The third kappa shape index (κ3) is 3.51. The van der Waals surface area contributed by atoms with E-state index in [9.17, 15) is 5.11 Å². The summed E-state index contributed by atoms with van der Waals surface area (Å²) in [6.07, 6.45) is 3.46. The maximum Gasteiger partial charge on any atom is 0.147 e. The first-order valence-electron chi connectivity index (χ1n) is 9.05. The Bertz CT molecular complexity index is 1140. The van der Waals surface area contributed by atoms with Crippen LogP contribution in [0, 0.1) is 13.8 Å². The van der Waals surface area contributed by atoms with E-state index >= 15 is 0 Å². The molecular formula is C23H20ClN3O. The predicted molar refractivity (Wildman–Crippen MR) is 114 cm³/mol. The van der Waals surface area contributed by atoms with E-state index in [1.807, 2.05) is 68.4 Å². The zero-order valence-corrected chi connectivity index (χ0v) is 16.4. The first-order chi connectivity index (χ1) is 13.5. The van der Waals surface area contributed by atoms with Crippen LogP contribution in [0.25, 0.3) is 10.9 Å². The molecule has 4 aromatic rings. The summed E-state index contributed by atoms with van der Waals surface area (Å²) in [7, 11) is 0. The van der Waals surface area contributed by atoms with Gasteiger partial charge in [-0.2, -0.15) is 0 Å². The van der Waals surface area contributed by atoms with E-state index in [1.165, 1.54) is 0 Å². The second kappa shape index (κ2) is 7.49. The number of pyridine rings is 2. The van der Waals surface area contributed by atoms with Crippen LogP contribution in [0.3, 0.4) is 0 Å². The highest BCUT2D eigenvalue weighted by Gasteiger charge is 2.22. The quantitative estimate of drug-likeness (QED) is 0.462. The maximum atomic E-state index is 11.0. The fourth-order valence-electron chi connectivity index (χ4n) is 3.31. The molecule has 0 amide bonds. The summed E-state index contributed by atoms with van der Waals surface area (Å²) in [6.45, 7) is 3.96. The van der Waals surface area contributed by atoms with E-state index < -0.39 is 0 Å². The van der Waals surface area contributed by atoms with Gasteiger partial charge in [0.05, 0.1) is 17.9 Å². The number of aromatic nitrogens is 2. The molecule has 0 aliphatic rings. The summed E-state index contributed by atoms with van der Waals surface area (Å²) < 4.78 is 0. The molecule has 0 aliphatic heterocycles. The number of anilines is 1. The van der Waals surface area contributed by atoms with E-state index in [0.29, 0.717) is 16.1 Å². The maximum absolute atomic E-state index is 11.0. The minimum absolute atomic E-state index is 0.147. The number of aromatic hydroxyl groups is 1. The van der Waals surface area contributed by atoms with Crippen molar-refractivity contribution >= 4 is 28.2 Å². The fraction of sp³-hybridized carbons (Fsp3) is 0.130. The Morgan fingerprint density at radius 3 is 2.61 bits per heavy atom. The Morgan fingerprint density at radius 1 is 0.964 bits per heavy atom. The SMILES string of the molecule is Cc1ccc(Cl)c(C(Nc2ccc(C)nc2)c2ccc3cccnc3c2O)c1. The van der Waals surface area contributed by atoms with Gasteiger partial charge in [0, 0.05) is 27.9 Å². The van der Waals surface area contributed by atoms with Gasteiger partial charge in [-0.05, 0) is 43.7 Å². The summed E-state index contributed by atoms with van der Waals surface area (Å²) in [5.74, 6) is 0.147. The molecule has 0 fully saturated rings. The van der Waals surface area contributed by atoms with E-state index in [-0.39, 0.29) is 11.8 Å². The van der Waals surface area contributed by atoms with Crippen molar-refractivity contribution in [1.82, 2.24) is 9.97 Å². The summed E-state index contributed by atoms with van der Waals surface area (Å²) in [5.41, 5.74) is 5.03. The average Bonchev–Trinajstić information content (AvgIpc) is 2.70. The summed E-state index contributed by atoms with van der Waals surface area (Å²) in [4.78, 5) is 8.71. The van der Waals surface area contributed by atoms with Gasteiger partial charge in [0.25, 0.3) is 0 Å². The van der Waals surface area contributed by atoms with E-state index in [4.69, 9.17) is 11.6 Å². The topological polar surface area (TPSA) is 58.0 Å². The summed E-state index contributed by atoms with van der Waals surface area (Å²) >= 11 is 6.55. The van der Waals surface area contributed by atoms with Crippen LogP contribution in [-0.2, 0) is 0 Å². The summed E-state index contributed by atoms with van der Waals surface area (Å²) in [5, 5.41) is 16.0. The largest absolute Gasteiger partial charge is 0.505 e. The van der Waals surface area contributed by atoms with Crippen LogP contribution in [-0.4, -0.2) is 15.1 Å². The number of halogens is 1. The number of phenols is 1. The van der Waals surface area contributed by atoms with E-state index in [0.717, 1.165) is 27.9 Å². The Labute approximate surface area is 168 Å². The first kappa shape index (κ1) is 18.3. The molecule has 28 heavy (non-hydrogen) atoms. The third-order valence-corrected chi connectivity index (χ3v) is 5.12. The van der Waals surface area contributed by atoms with Crippen molar-refractivity contribution in [2.75, 3.05) is 5.32 Å². The molecule has 0 saturated carbocycles. The number of rotatable bonds is 4. The molecule has 0 spiro atoms. The fourth-order valence-corrected chi connectivity index (χ4v) is 3.53. The van der Waals surface area contributed by atoms with Crippen molar-refractivity contribution in [2.24, 2.45) is 0 Å². The summed E-state index contributed by atoms with van der Waals surface area (Å²) in [6, 6.07) is 17.1. The molecule has 0 aliphatic carbocycles. The number of aryl methyl sites for hydroxylation is 2. The van der Waals surface area contributed by atoms with Crippen molar-refractivity contribution in [2.45, 2.75) is 19.9 Å². The molecular weight excluding hydrogens is 370 g/mol. The van der Waals surface area contributed by atoms with Crippen LogP contribution in [0.2, 0.25) is 5.02 Å². The number of phenolic OH excluding ortho intramolecular Hbond substituents is 1. The molecule has 4 rings (SSSR count). The van der Waals surface area contributed by atoms with Crippen LogP contribution < -0.4 is 5.32 Å². The van der Waals surface area contributed by atoms with Gasteiger partial charge in [-0.1, -0.05) is 47.5 Å². The van der Waals surface area contributed by atoms with Crippen LogP contribution in [0.1, 0.15) is 28.4 Å². The Hall–Kier alpha value is -3.11. The molecule has 1 unspecified atom stereocenters. The zero-order chi connectivity index (χ0) is 19.7. The van der Waals surface area contributed by atoms with Crippen molar-refractivity contribution in [1.29, 1.82) is 0 Å². The third-order valence-electron chi connectivity index (χ3n) is 4.77. The lowest BCUT2D eigenvalue weighted by Crippen LogP contribution is -2.14. The predicted octanol–water partition coefficient (Wildman–Crippen LogP) is 5.81. The lowest BCUT2D eigenvalue weighted by molar-refractivity contribution is 0.472. The van der Waals surface area contributed by atoms with Gasteiger partial charge in [0.1, 0.15) is 11.3 Å². The molecule has 2 aromatic carbocycles. The molecule has 2 heterocycles. The van der Waals surface area contributed by atoms with Gasteiger partial charge >= 0.3 is 0 Å². The van der Waals surface area contributed by atoms with Crippen LogP contribution in [0.4, 0.5) is 5.69 Å². The standard InChI is InChI=1S/C23H20ClN3O/c1-14-5-10-20(24)19(12-14)22(27-17-8-6-15(2)26-13-17)18-9-7-16-4-3-11-25-21(16)23(18)28/h3-13,22,27-28H,1-2H3. The highest BCUT2D eigenvalue weighted by atomic mass is 35.5. The Kier molecular flexibility index (Phi) is 4.88. The van der Waals surface area contributed by atoms with Gasteiger partial charge in [0.15, 0.2) is 0 Å². The number of nitrogens with zero attached hydrogens (tertiary/aromatic N) is 2. The molecule has 4 nitrogen and oxygen atoms in total. The second-order valence-electron chi connectivity index (χ2n) is 6.87. The smallest absolute Gasteiger partial charge is 0.147 e. The minimum Gasteiger partial charge on any atom is -0.505 e. The molecule has 140 valence electrons. The number of hydrogen-bond acceptors (Lipinski definition) is 4. The van der Waals surface area contributed by atoms with Gasteiger partial charge in [0.2, 0.25) is 0 Å². The first-order valence-corrected chi connectivity index (χ1v) is 9.42. The van der Waals surface area contributed by atoms with Crippen LogP contribution in [0.15, 0.2) is 67.0 Å². The van der Waals surface area contributed by atoms with Gasteiger partial charge in [-0.3, -0.25) is 9.97 Å². The molecule has 0 bridgehead atoms. The Balaban J connectivity index is 1.88. The number of benzene rings is 2. The highest BCUT2D eigenvalue weighted by Crippen LogP contribution is 2.38. The Morgan fingerprint density at radius 2 is 1.82 bits per heavy atom. The van der Waals surface area contributed by atoms with Crippen LogP contribution in [0.5, 0.6) is 5.75 Å². The van der Waals surface area contributed by atoms with E-state index in [2.05, 4.69) is 15.3 Å². The second-order valence-corrected chi connectivity index (χ2v) is 7.28. The van der Waals surface area contributed by atoms with Crippen molar-refractivity contribution in [3.63, 3.8) is 0 Å². The monoisotopic (exact) mass is 389 g/mol. The number of fused-ring (bicyclic) bond motifs is 1. The van der Waals surface area contributed by atoms with Crippen molar-refractivity contribution in [3.05, 3.63) is 94.4 Å². The highest BCUT2D eigenvalue weighted by molar-refractivity contribution is 6.31. The lowest BCUT2D eigenvalue weighted by Gasteiger charge is -2.23. The number of nitrogens with one attached hydrogen (secondary N) is 1. The van der Waals surface area contributed by atoms with E-state index in [1.54, 1.807) is 12.4 Å². The molecule has 2 N–H and O–H groups in total. The van der Waals surface area contributed by atoms with Crippen LogP contribution >= 0.6 is 11.6 Å². The molecule has 5 heteroatoms. The average molecular weight is 390 g/mol.